The highest BCUT2D eigenvalue weighted by molar-refractivity contribution is 7.10. The van der Waals surface area contributed by atoms with Crippen molar-refractivity contribution < 1.29 is 9.90 Å². The standard InChI is InChI=1S/C16H21NO2S/c1-16(2,3)13-6-7-17(10-13)15(19)12-9-14(20-11-12)5-4-8-18/h9,11,13,18H,6-8,10H2,1-3H3. The zero-order chi connectivity index (χ0) is 14.8. The molecule has 2 rings (SSSR count). The van der Waals surface area contributed by atoms with E-state index in [0.29, 0.717) is 11.5 Å². The van der Waals surface area contributed by atoms with Crippen molar-refractivity contribution in [2.24, 2.45) is 11.3 Å². The van der Waals surface area contributed by atoms with Gasteiger partial charge in [0.25, 0.3) is 5.91 Å². The SMILES string of the molecule is CC(C)(C)C1CCN(C(=O)c2csc(C#CCO)c2)C1. The Balaban J connectivity index is 2.04. The molecule has 1 aromatic heterocycles. The molecule has 0 spiro atoms. The van der Waals surface area contributed by atoms with Crippen molar-refractivity contribution in [1.29, 1.82) is 0 Å². The molecule has 0 radical (unpaired) electrons. The molecule has 1 aliphatic heterocycles. The second-order valence-corrected chi connectivity index (χ2v) is 7.17. The second-order valence-electron chi connectivity index (χ2n) is 6.26. The highest BCUT2D eigenvalue weighted by Gasteiger charge is 2.34. The highest BCUT2D eigenvalue weighted by Crippen LogP contribution is 2.34. The Morgan fingerprint density at radius 1 is 1.55 bits per heavy atom. The van der Waals surface area contributed by atoms with Crippen LogP contribution in [0.4, 0.5) is 0 Å². The molecule has 3 nitrogen and oxygen atoms in total. The van der Waals surface area contributed by atoms with E-state index in [1.807, 2.05) is 16.3 Å². The summed E-state index contributed by atoms with van der Waals surface area (Å²) in [5, 5.41) is 10.5. The van der Waals surface area contributed by atoms with E-state index >= 15 is 0 Å². The quantitative estimate of drug-likeness (QED) is 0.808. The number of carbonyl (C=O) groups is 1. The lowest BCUT2D eigenvalue weighted by Gasteiger charge is -2.26. The van der Waals surface area contributed by atoms with Crippen LogP contribution in [0.3, 0.4) is 0 Å². The Kier molecular flexibility index (Phi) is 4.52. The van der Waals surface area contributed by atoms with Crippen molar-refractivity contribution in [3.63, 3.8) is 0 Å². The summed E-state index contributed by atoms with van der Waals surface area (Å²) in [6.07, 6.45) is 1.08. The minimum atomic E-state index is -0.152. The van der Waals surface area contributed by atoms with Gasteiger partial charge in [-0.2, -0.15) is 0 Å². The molecule has 1 aromatic rings. The second kappa shape index (κ2) is 5.99. The third kappa shape index (κ3) is 3.41. The van der Waals surface area contributed by atoms with Crippen LogP contribution in [0.15, 0.2) is 11.4 Å². The Morgan fingerprint density at radius 3 is 2.90 bits per heavy atom. The number of hydrogen-bond donors (Lipinski definition) is 1. The third-order valence-electron chi connectivity index (χ3n) is 3.84. The van der Waals surface area contributed by atoms with E-state index in [-0.39, 0.29) is 17.9 Å². The molecule has 108 valence electrons. The number of hydrogen-bond acceptors (Lipinski definition) is 3. The van der Waals surface area contributed by atoms with Gasteiger partial charge in [0.15, 0.2) is 0 Å². The number of carbonyl (C=O) groups excluding carboxylic acids is 1. The maximum absolute atomic E-state index is 12.4. The van der Waals surface area contributed by atoms with Crippen molar-refractivity contribution in [1.82, 2.24) is 4.90 Å². The summed E-state index contributed by atoms with van der Waals surface area (Å²) >= 11 is 1.45. The van der Waals surface area contributed by atoms with Gasteiger partial charge in [-0.1, -0.05) is 32.6 Å². The Hall–Kier alpha value is -1.31. The minimum absolute atomic E-state index is 0.102. The van der Waals surface area contributed by atoms with Crippen LogP contribution in [0.5, 0.6) is 0 Å². The largest absolute Gasteiger partial charge is 0.384 e. The summed E-state index contributed by atoms with van der Waals surface area (Å²) in [5.41, 5.74) is 0.966. The molecule has 1 aliphatic rings. The van der Waals surface area contributed by atoms with Crippen molar-refractivity contribution in [2.75, 3.05) is 19.7 Å². The number of aliphatic hydroxyl groups excluding tert-OH is 1. The van der Waals surface area contributed by atoms with Crippen molar-refractivity contribution in [3.05, 3.63) is 21.9 Å². The monoisotopic (exact) mass is 291 g/mol. The molecule has 20 heavy (non-hydrogen) atoms. The average molecular weight is 291 g/mol. The number of aliphatic hydroxyl groups is 1. The van der Waals surface area contributed by atoms with Gasteiger partial charge in [-0.25, -0.2) is 0 Å². The van der Waals surface area contributed by atoms with Gasteiger partial charge in [0.05, 0.1) is 10.4 Å². The number of nitrogens with zero attached hydrogens (tertiary/aromatic N) is 1. The molecule has 0 saturated carbocycles. The Labute approximate surface area is 124 Å². The van der Waals surface area contributed by atoms with Gasteiger partial charge in [-0.3, -0.25) is 4.79 Å². The molecule has 1 unspecified atom stereocenters. The van der Waals surface area contributed by atoms with E-state index in [0.717, 1.165) is 24.4 Å². The molecule has 1 fully saturated rings. The lowest BCUT2D eigenvalue weighted by atomic mass is 9.80. The predicted octanol–water partition coefficient (Wildman–Crippen LogP) is 2.60. The molecular formula is C16H21NO2S. The Morgan fingerprint density at radius 2 is 2.30 bits per heavy atom. The fraction of sp³-hybridized carbons (Fsp3) is 0.562. The van der Waals surface area contributed by atoms with Crippen LogP contribution in [0.1, 0.15) is 42.4 Å². The summed E-state index contributed by atoms with van der Waals surface area (Å²) in [4.78, 5) is 15.2. The van der Waals surface area contributed by atoms with Crippen LogP contribution in [0.2, 0.25) is 0 Å². The maximum atomic E-state index is 12.4. The number of rotatable bonds is 1. The molecule has 1 N–H and O–H groups in total. The van der Waals surface area contributed by atoms with Crippen LogP contribution in [-0.4, -0.2) is 35.6 Å². The van der Waals surface area contributed by atoms with Gasteiger partial charge in [0, 0.05) is 18.5 Å². The fourth-order valence-electron chi connectivity index (χ4n) is 2.47. The Bertz CT molecular complexity index is 545. The molecule has 1 saturated heterocycles. The summed E-state index contributed by atoms with van der Waals surface area (Å²) in [5.74, 6) is 6.12. The highest BCUT2D eigenvalue weighted by atomic mass is 32.1. The normalized spacial score (nSPS) is 18.8. The zero-order valence-corrected chi connectivity index (χ0v) is 13.1. The zero-order valence-electron chi connectivity index (χ0n) is 12.3. The van der Waals surface area contributed by atoms with E-state index in [1.165, 1.54) is 11.3 Å². The third-order valence-corrected chi connectivity index (χ3v) is 4.68. The summed E-state index contributed by atoms with van der Waals surface area (Å²) in [6.45, 7) is 8.24. The topological polar surface area (TPSA) is 40.5 Å². The molecule has 0 aliphatic carbocycles. The van der Waals surface area contributed by atoms with Crippen molar-refractivity contribution in [2.45, 2.75) is 27.2 Å². The van der Waals surface area contributed by atoms with Gasteiger partial charge in [0.2, 0.25) is 0 Å². The first-order valence-electron chi connectivity index (χ1n) is 6.89. The van der Waals surface area contributed by atoms with E-state index in [9.17, 15) is 4.79 Å². The van der Waals surface area contributed by atoms with E-state index in [4.69, 9.17) is 5.11 Å². The fourth-order valence-corrected chi connectivity index (χ4v) is 3.22. The van der Waals surface area contributed by atoms with E-state index in [2.05, 4.69) is 32.6 Å². The van der Waals surface area contributed by atoms with Crippen molar-refractivity contribution >= 4 is 17.2 Å². The van der Waals surface area contributed by atoms with Crippen LogP contribution in [0.25, 0.3) is 0 Å². The molecular weight excluding hydrogens is 270 g/mol. The average Bonchev–Trinajstić information content (AvgIpc) is 3.04. The van der Waals surface area contributed by atoms with Gasteiger partial charge in [-0.05, 0) is 23.8 Å². The first-order chi connectivity index (χ1) is 9.41. The molecule has 0 aromatic carbocycles. The maximum Gasteiger partial charge on any atom is 0.254 e. The van der Waals surface area contributed by atoms with Gasteiger partial charge in [-0.15, -0.1) is 11.3 Å². The number of amides is 1. The molecule has 2 heterocycles. The lowest BCUT2D eigenvalue weighted by Crippen LogP contribution is -2.30. The molecule has 0 bridgehead atoms. The first kappa shape index (κ1) is 15.1. The first-order valence-corrected chi connectivity index (χ1v) is 7.77. The minimum Gasteiger partial charge on any atom is -0.384 e. The van der Waals surface area contributed by atoms with Gasteiger partial charge >= 0.3 is 0 Å². The van der Waals surface area contributed by atoms with Crippen LogP contribution in [0, 0.1) is 23.2 Å². The number of likely N-dealkylation sites (tertiary alicyclic amines) is 1. The number of thiophene rings is 1. The smallest absolute Gasteiger partial charge is 0.254 e. The summed E-state index contributed by atoms with van der Waals surface area (Å²) in [6, 6.07) is 1.82. The van der Waals surface area contributed by atoms with Crippen molar-refractivity contribution in [3.8, 4) is 11.8 Å². The van der Waals surface area contributed by atoms with Crippen LogP contribution < -0.4 is 0 Å². The molecule has 1 atom stereocenters. The van der Waals surface area contributed by atoms with E-state index < -0.39 is 0 Å². The van der Waals surface area contributed by atoms with Gasteiger partial charge < -0.3 is 10.0 Å². The van der Waals surface area contributed by atoms with Crippen LogP contribution >= 0.6 is 11.3 Å². The molecule has 1 amide bonds. The van der Waals surface area contributed by atoms with Crippen LogP contribution in [-0.2, 0) is 0 Å². The molecule has 4 heteroatoms. The summed E-state index contributed by atoms with van der Waals surface area (Å²) < 4.78 is 0. The lowest BCUT2D eigenvalue weighted by molar-refractivity contribution is 0.0777. The van der Waals surface area contributed by atoms with Gasteiger partial charge in [0.1, 0.15) is 6.61 Å². The summed E-state index contributed by atoms with van der Waals surface area (Å²) in [7, 11) is 0. The predicted molar refractivity (Wildman–Crippen MR) is 81.7 cm³/mol. The van der Waals surface area contributed by atoms with E-state index in [1.54, 1.807) is 0 Å².